The fourth-order valence-electron chi connectivity index (χ4n) is 2.71. The lowest BCUT2D eigenvalue weighted by molar-refractivity contribution is 0.505. The molecule has 0 radical (unpaired) electrons. The van der Waals surface area contributed by atoms with E-state index in [-0.39, 0.29) is 0 Å². The van der Waals surface area contributed by atoms with E-state index in [1.54, 1.807) is 6.07 Å². The van der Waals surface area contributed by atoms with E-state index in [2.05, 4.69) is 17.4 Å². The quantitative estimate of drug-likeness (QED) is 0.856. The number of nitrogens with one attached hydrogen (secondary N) is 1. The Kier molecular flexibility index (Phi) is 3.20. The molecule has 0 saturated carbocycles. The number of para-hydroxylation sites is 1. The molecular weight excluding hydrogens is 244 g/mol. The van der Waals surface area contributed by atoms with Gasteiger partial charge in [-0.05, 0) is 48.1 Å². The first kappa shape index (κ1) is 12.2. The van der Waals surface area contributed by atoms with Crippen LogP contribution in [0.2, 0.25) is 0 Å². The second kappa shape index (κ2) is 5.00. The van der Waals surface area contributed by atoms with Crippen molar-refractivity contribution in [2.45, 2.75) is 18.8 Å². The van der Waals surface area contributed by atoms with Crippen molar-refractivity contribution in [3.63, 3.8) is 0 Å². The molecule has 1 unspecified atom stereocenters. The highest BCUT2D eigenvalue weighted by atomic mass is 19.2. The molecule has 1 aliphatic heterocycles. The normalized spacial score (nSPS) is 17.7. The van der Waals surface area contributed by atoms with Crippen LogP contribution in [0.5, 0.6) is 0 Å². The SMILES string of the molecule is Fc1ccc(CC2CCNc3ccccc32)cc1F. The molecule has 0 bridgehead atoms. The number of anilines is 1. The second-order valence-corrected chi connectivity index (χ2v) is 4.95. The van der Waals surface area contributed by atoms with Crippen LogP contribution in [0, 0.1) is 11.6 Å². The van der Waals surface area contributed by atoms with Crippen LogP contribution in [0.3, 0.4) is 0 Å². The maximum atomic E-state index is 13.2. The molecule has 1 atom stereocenters. The van der Waals surface area contributed by atoms with Crippen molar-refractivity contribution in [1.29, 1.82) is 0 Å². The van der Waals surface area contributed by atoms with Crippen LogP contribution in [-0.4, -0.2) is 6.54 Å². The fraction of sp³-hybridized carbons (Fsp3) is 0.250. The molecule has 0 aromatic heterocycles. The molecule has 1 nitrogen and oxygen atoms in total. The zero-order valence-corrected chi connectivity index (χ0v) is 10.5. The van der Waals surface area contributed by atoms with Gasteiger partial charge in [0, 0.05) is 12.2 Å². The second-order valence-electron chi connectivity index (χ2n) is 4.95. The van der Waals surface area contributed by atoms with Gasteiger partial charge in [0.05, 0.1) is 0 Å². The van der Waals surface area contributed by atoms with Crippen molar-refractivity contribution in [3.05, 3.63) is 65.2 Å². The third kappa shape index (κ3) is 2.46. The molecule has 1 aliphatic rings. The van der Waals surface area contributed by atoms with Crippen LogP contribution < -0.4 is 5.32 Å². The fourth-order valence-corrected chi connectivity index (χ4v) is 2.71. The molecule has 1 heterocycles. The summed E-state index contributed by atoms with van der Waals surface area (Å²) in [6, 6.07) is 12.4. The third-order valence-electron chi connectivity index (χ3n) is 3.67. The molecule has 98 valence electrons. The number of rotatable bonds is 2. The summed E-state index contributed by atoms with van der Waals surface area (Å²) in [6.45, 7) is 0.922. The smallest absolute Gasteiger partial charge is 0.159 e. The molecule has 0 fully saturated rings. The Morgan fingerprint density at radius 2 is 1.89 bits per heavy atom. The maximum Gasteiger partial charge on any atom is 0.159 e. The summed E-state index contributed by atoms with van der Waals surface area (Å²) in [7, 11) is 0. The maximum absolute atomic E-state index is 13.2. The van der Waals surface area contributed by atoms with Gasteiger partial charge in [-0.25, -0.2) is 8.78 Å². The summed E-state index contributed by atoms with van der Waals surface area (Å²) >= 11 is 0. The Morgan fingerprint density at radius 1 is 1.05 bits per heavy atom. The van der Waals surface area contributed by atoms with E-state index >= 15 is 0 Å². The molecule has 0 amide bonds. The Hall–Kier alpha value is -1.90. The van der Waals surface area contributed by atoms with Gasteiger partial charge in [0.15, 0.2) is 11.6 Å². The van der Waals surface area contributed by atoms with Crippen LogP contribution >= 0.6 is 0 Å². The summed E-state index contributed by atoms with van der Waals surface area (Å²) in [6.07, 6.45) is 1.76. The van der Waals surface area contributed by atoms with Gasteiger partial charge < -0.3 is 5.32 Å². The van der Waals surface area contributed by atoms with E-state index in [1.165, 1.54) is 17.7 Å². The Morgan fingerprint density at radius 3 is 2.74 bits per heavy atom. The zero-order chi connectivity index (χ0) is 13.2. The van der Waals surface area contributed by atoms with Crippen molar-refractivity contribution < 1.29 is 8.78 Å². The number of fused-ring (bicyclic) bond motifs is 1. The van der Waals surface area contributed by atoms with Gasteiger partial charge in [-0.1, -0.05) is 24.3 Å². The summed E-state index contributed by atoms with van der Waals surface area (Å²) < 4.78 is 26.2. The molecule has 1 N–H and O–H groups in total. The van der Waals surface area contributed by atoms with Crippen LogP contribution in [0.1, 0.15) is 23.5 Å². The Labute approximate surface area is 111 Å². The van der Waals surface area contributed by atoms with Gasteiger partial charge in [-0.15, -0.1) is 0 Å². The monoisotopic (exact) mass is 259 g/mol. The first-order valence-electron chi connectivity index (χ1n) is 6.51. The lowest BCUT2D eigenvalue weighted by Gasteiger charge is -2.26. The van der Waals surface area contributed by atoms with Gasteiger partial charge in [-0.2, -0.15) is 0 Å². The van der Waals surface area contributed by atoms with Gasteiger partial charge in [0.25, 0.3) is 0 Å². The largest absolute Gasteiger partial charge is 0.385 e. The van der Waals surface area contributed by atoms with Crippen LogP contribution in [0.25, 0.3) is 0 Å². The molecule has 0 spiro atoms. The molecule has 0 saturated heterocycles. The lowest BCUT2D eigenvalue weighted by atomic mass is 9.86. The van der Waals surface area contributed by atoms with Gasteiger partial charge in [-0.3, -0.25) is 0 Å². The van der Waals surface area contributed by atoms with Crippen molar-refractivity contribution in [2.24, 2.45) is 0 Å². The predicted molar refractivity (Wildman–Crippen MR) is 72.4 cm³/mol. The minimum Gasteiger partial charge on any atom is -0.385 e. The average Bonchev–Trinajstić information content (AvgIpc) is 2.43. The van der Waals surface area contributed by atoms with Crippen LogP contribution in [-0.2, 0) is 6.42 Å². The number of halogens is 2. The van der Waals surface area contributed by atoms with Crippen molar-refractivity contribution in [3.8, 4) is 0 Å². The highest BCUT2D eigenvalue weighted by Gasteiger charge is 2.20. The van der Waals surface area contributed by atoms with Gasteiger partial charge >= 0.3 is 0 Å². The van der Waals surface area contributed by atoms with E-state index in [1.807, 2.05) is 12.1 Å². The molecule has 2 aromatic carbocycles. The van der Waals surface area contributed by atoms with Gasteiger partial charge in [0.1, 0.15) is 0 Å². The number of hydrogen-bond donors (Lipinski definition) is 1. The summed E-state index contributed by atoms with van der Waals surface area (Å²) in [4.78, 5) is 0. The van der Waals surface area contributed by atoms with E-state index in [9.17, 15) is 8.78 Å². The third-order valence-corrected chi connectivity index (χ3v) is 3.67. The van der Waals surface area contributed by atoms with E-state index in [0.717, 1.165) is 30.6 Å². The Bertz CT molecular complexity index is 595. The first-order chi connectivity index (χ1) is 9.24. The average molecular weight is 259 g/mol. The Balaban J connectivity index is 1.86. The van der Waals surface area contributed by atoms with Crippen LogP contribution in [0.15, 0.2) is 42.5 Å². The molecule has 3 rings (SSSR count). The summed E-state index contributed by atoms with van der Waals surface area (Å²) in [5, 5.41) is 3.36. The molecule has 0 aliphatic carbocycles. The summed E-state index contributed by atoms with van der Waals surface area (Å²) in [5.41, 5.74) is 3.26. The lowest BCUT2D eigenvalue weighted by Crippen LogP contribution is -2.18. The minimum absolute atomic E-state index is 0.363. The molecular formula is C16H15F2N. The predicted octanol–water partition coefficient (Wildman–Crippen LogP) is 4.11. The topological polar surface area (TPSA) is 12.0 Å². The zero-order valence-electron chi connectivity index (χ0n) is 10.5. The molecule has 3 heteroatoms. The van der Waals surface area contributed by atoms with E-state index in [4.69, 9.17) is 0 Å². The number of benzene rings is 2. The highest BCUT2D eigenvalue weighted by Crippen LogP contribution is 2.33. The molecule has 2 aromatic rings. The summed E-state index contributed by atoms with van der Waals surface area (Å²) in [5.74, 6) is -1.18. The van der Waals surface area contributed by atoms with Crippen molar-refractivity contribution >= 4 is 5.69 Å². The standard InChI is InChI=1S/C16H15F2N/c17-14-6-5-11(10-15(14)18)9-12-7-8-19-16-4-2-1-3-13(12)16/h1-6,10,12,19H,7-9H2. The van der Waals surface area contributed by atoms with E-state index in [0.29, 0.717) is 5.92 Å². The van der Waals surface area contributed by atoms with Crippen molar-refractivity contribution in [2.75, 3.05) is 11.9 Å². The van der Waals surface area contributed by atoms with Gasteiger partial charge in [0.2, 0.25) is 0 Å². The van der Waals surface area contributed by atoms with Crippen molar-refractivity contribution in [1.82, 2.24) is 0 Å². The van der Waals surface area contributed by atoms with E-state index < -0.39 is 11.6 Å². The highest BCUT2D eigenvalue weighted by molar-refractivity contribution is 5.55. The first-order valence-corrected chi connectivity index (χ1v) is 6.51. The van der Waals surface area contributed by atoms with Crippen LogP contribution in [0.4, 0.5) is 14.5 Å². The molecule has 19 heavy (non-hydrogen) atoms. The number of hydrogen-bond acceptors (Lipinski definition) is 1. The minimum atomic E-state index is -0.783.